The third kappa shape index (κ3) is 3.60. The summed E-state index contributed by atoms with van der Waals surface area (Å²) in [5, 5.41) is 11.2. The van der Waals surface area contributed by atoms with Crippen molar-refractivity contribution in [3.05, 3.63) is 54.2 Å². The van der Waals surface area contributed by atoms with E-state index in [4.69, 9.17) is 9.25 Å². The van der Waals surface area contributed by atoms with Gasteiger partial charge in [0.25, 0.3) is 0 Å². The van der Waals surface area contributed by atoms with Gasteiger partial charge in [-0.15, -0.1) is 0 Å². The van der Waals surface area contributed by atoms with E-state index in [1.165, 1.54) is 0 Å². The maximum atomic E-state index is 11.2. The number of hydroxylamine groups is 1. The highest BCUT2D eigenvalue weighted by Crippen LogP contribution is 2.31. The molecule has 1 heterocycles. The first kappa shape index (κ1) is 16.9. The fraction of sp³-hybridized carbons (Fsp3) is 0.250. The molecule has 5 nitrogen and oxygen atoms in total. The van der Waals surface area contributed by atoms with Crippen molar-refractivity contribution in [2.24, 2.45) is 5.92 Å². The van der Waals surface area contributed by atoms with Gasteiger partial charge in [-0.1, -0.05) is 31.5 Å². The molecule has 2 N–H and O–H groups in total. The highest BCUT2D eigenvalue weighted by Gasteiger charge is 2.15. The number of benzene rings is 2. The van der Waals surface area contributed by atoms with Gasteiger partial charge in [0.15, 0.2) is 5.75 Å². The van der Waals surface area contributed by atoms with E-state index >= 15 is 0 Å². The largest absolute Gasteiger partial charge is 0.481 e. The molecule has 0 radical (unpaired) electrons. The summed E-state index contributed by atoms with van der Waals surface area (Å²) >= 11 is 0. The van der Waals surface area contributed by atoms with E-state index in [0.29, 0.717) is 12.2 Å². The van der Waals surface area contributed by atoms with Gasteiger partial charge in [0.05, 0.1) is 5.92 Å². The minimum atomic E-state index is -0.840. The molecule has 0 saturated heterocycles. The average Bonchev–Trinajstić information content (AvgIpc) is 2.98. The number of carboxylic acids is 1. The molecule has 0 bridgehead atoms. The summed E-state index contributed by atoms with van der Waals surface area (Å²) in [6.07, 6.45) is 3.22. The Morgan fingerprint density at radius 3 is 2.76 bits per heavy atom. The lowest BCUT2D eigenvalue weighted by Gasteiger charge is -2.12. The Labute approximate surface area is 145 Å². The molecular weight excluding hydrogens is 318 g/mol. The van der Waals surface area contributed by atoms with Crippen LogP contribution in [0.4, 0.5) is 0 Å². The van der Waals surface area contributed by atoms with Gasteiger partial charge in [-0.25, -0.2) is 5.48 Å². The van der Waals surface area contributed by atoms with Gasteiger partial charge in [-0.05, 0) is 43.2 Å². The van der Waals surface area contributed by atoms with Crippen LogP contribution < -0.4 is 10.3 Å². The first-order chi connectivity index (χ1) is 12.1. The number of rotatable bonds is 7. The third-order valence-corrected chi connectivity index (χ3v) is 4.23. The Hall–Kier alpha value is -2.95. The smallest absolute Gasteiger partial charge is 0.310 e. The summed E-state index contributed by atoms with van der Waals surface area (Å²) in [6.45, 7) is 3.69. The molecule has 3 rings (SSSR count). The summed E-state index contributed by atoms with van der Waals surface area (Å²) < 4.78 is 5.79. The maximum absolute atomic E-state index is 11.2. The lowest BCUT2D eigenvalue weighted by atomic mass is 9.98. The predicted molar refractivity (Wildman–Crippen MR) is 97.3 cm³/mol. The van der Waals surface area contributed by atoms with Gasteiger partial charge < -0.3 is 14.4 Å². The van der Waals surface area contributed by atoms with Crippen LogP contribution in [0.2, 0.25) is 0 Å². The lowest BCUT2D eigenvalue weighted by molar-refractivity contribution is -0.139. The van der Waals surface area contributed by atoms with E-state index in [1.807, 2.05) is 49.4 Å². The van der Waals surface area contributed by atoms with Crippen LogP contribution >= 0.6 is 0 Å². The van der Waals surface area contributed by atoms with E-state index < -0.39 is 11.9 Å². The summed E-state index contributed by atoms with van der Waals surface area (Å²) in [7, 11) is 0. The Morgan fingerprint density at radius 1 is 1.24 bits per heavy atom. The van der Waals surface area contributed by atoms with Crippen LogP contribution in [0.1, 0.15) is 26.7 Å². The Morgan fingerprint density at radius 2 is 2.00 bits per heavy atom. The molecule has 1 unspecified atom stereocenters. The monoisotopic (exact) mass is 339 g/mol. The van der Waals surface area contributed by atoms with Gasteiger partial charge >= 0.3 is 5.97 Å². The molecular formula is C20H21NO4. The van der Waals surface area contributed by atoms with Gasteiger partial charge in [-0.2, -0.15) is 0 Å². The van der Waals surface area contributed by atoms with Crippen LogP contribution in [0.15, 0.2) is 58.7 Å². The normalized spacial score (nSPS) is 13.1. The van der Waals surface area contributed by atoms with Crippen molar-refractivity contribution >= 4 is 27.9 Å². The van der Waals surface area contributed by atoms with E-state index in [-0.39, 0.29) is 0 Å². The zero-order chi connectivity index (χ0) is 17.8. The molecule has 0 fully saturated rings. The Bertz CT molecular complexity index is 926. The van der Waals surface area contributed by atoms with Crippen molar-refractivity contribution in [3.8, 4) is 5.75 Å². The second-order valence-corrected chi connectivity index (χ2v) is 6.01. The number of hydrogen-bond acceptors (Lipinski definition) is 4. The molecule has 0 spiro atoms. The molecule has 0 aliphatic heterocycles. The second-order valence-electron chi connectivity index (χ2n) is 6.01. The summed E-state index contributed by atoms with van der Waals surface area (Å²) in [6, 6.07) is 13.4. The van der Waals surface area contributed by atoms with Crippen LogP contribution in [0, 0.1) is 5.92 Å². The zero-order valence-electron chi connectivity index (χ0n) is 14.3. The van der Waals surface area contributed by atoms with Crippen LogP contribution in [0.25, 0.3) is 21.9 Å². The third-order valence-electron chi connectivity index (χ3n) is 4.23. The summed E-state index contributed by atoms with van der Waals surface area (Å²) in [5.74, 6) is -0.752. The Balaban J connectivity index is 1.79. The number of hydrogen-bond donors (Lipinski definition) is 2. The predicted octanol–water partition coefficient (Wildman–Crippen LogP) is 4.87. The second kappa shape index (κ2) is 7.30. The minimum absolute atomic E-state index is 0.545. The summed E-state index contributed by atoms with van der Waals surface area (Å²) in [4.78, 5) is 16.7. The quantitative estimate of drug-likeness (QED) is 0.601. The van der Waals surface area contributed by atoms with Crippen LogP contribution in [0.3, 0.4) is 0 Å². The fourth-order valence-corrected chi connectivity index (χ4v) is 2.80. The standard InChI is InChI=1S/C20H21NO4/c1-3-6-14(13(2)20(22)23)12-21-25-15-9-10-19-17(11-15)16-7-4-5-8-18(16)24-19/h4-5,7-13,21H,3,6H2,1-2H3,(H,22,23). The minimum Gasteiger partial charge on any atom is -0.481 e. The van der Waals surface area contributed by atoms with Crippen molar-refractivity contribution in [1.29, 1.82) is 0 Å². The number of carboxylic acid groups (broad SMARTS) is 1. The molecule has 0 aliphatic rings. The van der Waals surface area contributed by atoms with Gasteiger partial charge in [-0.3, -0.25) is 4.79 Å². The summed E-state index contributed by atoms with van der Waals surface area (Å²) in [5.41, 5.74) is 5.20. The maximum Gasteiger partial charge on any atom is 0.310 e. The first-order valence-corrected chi connectivity index (χ1v) is 8.35. The van der Waals surface area contributed by atoms with Crippen molar-refractivity contribution < 1.29 is 19.2 Å². The van der Waals surface area contributed by atoms with Gasteiger partial charge in [0, 0.05) is 17.0 Å². The number of aliphatic carboxylic acids is 1. The molecule has 5 heteroatoms. The number of nitrogens with one attached hydrogen (secondary N) is 1. The molecule has 0 aliphatic carbocycles. The molecule has 1 aromatic heterocycles. The van der Waals surface area contributed by atoms with Gasteiger partial charge in [0.1, 0.15) is 11.2 Å². The van der Waals surface area contributed by atoms with E-state index in [0.717, 1.165) is 33.9 Å². The number of furan rings is 1. The lowest BCUT2D eigenvalue weighted by Crippen LogP contribution is -2.17. The van der Waals surface area contributed by atoms with Crippen LogP contribution in [0.5, 0.6) is 5.75 Å². The number of para-hydroxylation sites is 1. The van der Waals surface area contributed by atoms with Crippen molar-refractivity contribution in [2.75, 3.05) is 0 Å². The van der Waals surface area contributed by atoms with Crippen LogP contribution in [-0.4, -0.2) is 11.1 Å². The average molecular weight is 339 g/mol. The van der Waals surface area contributed by atoms with E-state index in [1.54, 1.807) is 13.1 Å². The molecule has 0 amide bonds. The molecule has 25 heavy (non-hydrogen) atoms. The van der Waals surface area contributed by atoms with Crippen molar-refractivity contribution in [2.45, 2.75) is 26.7 Å². The molecule has 3 aromatic rings. The molecule has 1 atom stereocenters. The Kier molecular flexibility index (Phi) is 4.93. The molecule has 0 saturated carbocycles. The zero-order valence-corrected chi connectivity index (χ0v) is 14.3. The first-order valence-electron chi connectivity index (χ1n) is 8.35. The van der Waals surface area contributed by atoms with E-state index in [2.05, 4.69) is 5.48 Å². The SMILES string of the molecule is CCCC(=CNOc1ccc2oc3ccccc3c2c1)C(C)C(=O)O. The van der Waals surface area contributed by atoms with Crippen molar-refractivity contribution in [1.82, 2.24) is 5.48 Å². The highest BCUT2D eigenvalue weighted by molar-refractivity contribution is 6.05. The van der Waals surface area contributed by atoms with E-state index in [9.17, 15) is 9.90 Å². The number of carbonyl (C=O) groups is 1. The number of fused-ring (bicyclic) bond motifs is 3. The topological polar surface area (TPSA) is 71.7 Å². The van der Waals surface area contributed by atoms with Crippen molar-refractivity contribution in [3.63, 3.8) is 0 Å². The van der Waals surface area contributed by atoms with Crippen LogP contribution in [-0.2, 0) is 4.79 Å². The fourth-order valence-electron chi connectivity index (χ4n) is 2.80. The molecule has 2 aromatic carbocycles. The molecule has 130 valence electrons. The highest BCUT2D eigenvalue weighted by atomic mass is 16.6. The van der Waals surface area contributed by atoms with Gasteiger partial charge in [0.2, 0.25) is 0 Å².